The zero-order valence-corrected chi connectivity index (χ0v) is 13.5. The van der Waals surface area contributed by atoms with Crippen LogP contribution in [-0.2, 0) is 0 Å². The van der Waals surface area contributed by atoms with E-state index in [4.69, 9.17) is 37.4 Å². The Bertz CT molecular complexity index is 655. The van der Waals surface area contributed by atoms with Gasteiger partial charge >= 0.3 is 0 Å². The number of ether oxygens (including phenoxy) is 3. The van der Waals surface area contributed by atoms with Crippen molar-refractivity contribution in [3.05, 3.63) is 28.0 Å². The van der Waals surface area contributed by atoms with Crippen molar-refractivity contribution in [3.63, 3.8) is 0 Å². The molecule has 0 bridgehead atoms. The number of rotatable bonds is 4. The SMILES string of the molecule is COc1ccc(-c2nc(Cl)c(C)c(Cl)n2)c(OC)c1OC. The Morgan fingerprint density at radius 1 is 0.857 bits per heavy atom. The average Bonchev–Trinajstić information content (AvgIpc) is 2.50. The summed E-state index contributed by atoms with van der Waals surface area (Å²) in [4.78, 5) is 8.47. The molecular formula is C14H14Cl2N2O3. The maximum Gasteiger partial charge on any atom is 0.204 e. The van der Waals surface area contributed by atoms with E-state index < -0.39 is 0 Å². The van der Waals surface area contributed by atoms with Crippen LogP contribution in [-0.4, -0.2) is 31.3 Å². The van der Waals surface area contributed by atoms with E-state index in [-0.39, 0.29) is 0 Å². The van der Waals surface area contributed by atoms with Gasteiger partial charge in [-0.2, -0.15) is 0 Å². The molecule has 0 radical (unpaired) electrons. The van der Waals surface area contributed by atoms with Gasteiger partial charge in [0.25, 0.3) is 0 Å². The van der Waals surface area contributed by atoms with Gasteiger partial charge in [0.15, 0.2) is 17.3 Å². The predicted molar refractivity (Wildman–Crippen MR) is 81.9 cm³/mol. The van der Waals surface area contributed by atoms with E-state index in [9.17, 15) is 0 Å². The number of hydrogen-bond acceptors (Lipinski definition) is 5. The van der Waals surface area contributed by atoms with Gasteiger partial charge in [-0.05, 0) is 19.1 Å². The maximum absolute atomic E-state index is 6.06. The van der Waals surface area contributed by atoms with Crippen LogP contribution in [0.2, 0.25) is 10.3 Å². The van der Waals surface area contributed by atoms with Crippen LogP contribution in [0.3, 0.4) is 0 Å². The second kappa shape index (κ2) is 6.37. The molecule has 0 aliphatic rings. The van der Waals surface area contributed by atoms with Crippen molar-refractivity contribution in [2.45, 2.75) is 6.92 Å². The van der Waals surface area contributed by atoms with E-state index in [1.807, 2.05) is 0 Å². The van der Waals surface area contributed by atoms with E-state index in [2.05, 4.69) is 9.97 Å². The fourth-order valence-electron chi connectivity index (χ4n) is 1.86. The number of benzene rings is 1. The quantitative estimate of drug-likeness (QED) is 0.799. The zero-order chi connectivity index (χ0) is 15.6. The smallest absolute Gasteiger partial charge is 0.204 e. The van der Waals surface area contributed by atoms with E-state index in [1.54, 1.807) is 26.2 Å². The molecule has 0 atom stereocenters. The Balaban J connectivity index is 2.69. The van der Waals surface area contributed by atoms with Gasteiger partial charge in [-0.1, -0.05) is 23.2 Å². The Labute approximate surface area is 132 Å². The van der Waals surface area contributed by atoms with E-state index in [0.717, 1.165) is 0 Å². The molecule has 7 heteroatoms. The molecule has 0 unspecified atom stereocenters. The summed E-state index contributed by atoms with van der Waals surface area (Å²) in [6.07, 6.45) is 0. The molecule has 5 nitrogen and oxygen atoms in total. The van der Waals surface area contributed by atoms with Crippen LogP contribution in [0.4, 0.5) is 0 Å². The first-order valence-corrected chi connectivity index (χ1v) is 6.78. The Kier molecular flexibility index (Phi) is 4.75. The lowest BCUT2D eigenvalue weighted by atomic mass is 10.1. The zero-order valence-electron chi connectivity index (χ0n) is 12.0. The number of methoxy groups -OCH3 is 3. The molecule has 2 rings (SSSR count). The highest BCUT2D eigenvalue weighted by molar-refractivity contribution is 6.34. The minimum atomic E-state index is 0.293. The summed E-state index contributed by atoms with van der Waals surface area (Å²) in [7, 11) is 4.60. The standard InChI is InChI=1S/C14H14Cl2N2O3/c1-7-12(15)17-14(18-13(7)16)8-5-6-9(19-2)11(21-4)10(8)20-3/h5-6H,1-4H3. The molecule has 0 N–H and O–H groups in total. The Hall–Kier alpha value is -1.72. The van der Waals surface area contributed by atoms with Crippen LogP contribution in [0.25, 0.3) is 11.4 Å². The second-order valence-corrected chi connectivity index (χ2v) is 4.85. The summed E-state index contributed by atoms with van der Waals surface area (Å²) in [5.74, 6) is 1.80. The van der Waals surface area contributed by atoms with Crippen LogP contribution in [0.5, 0.6) is 17.2 Å². The molecule has 1 heterocycles. The normalized spacial score (nSPS) is 10.4. The summed E-state index contributed by atoms with van der Waals surface area (Å²) < 4.78 is 16.0. The molecule has 0 fully saturated rings. The van der Waals surface area contributed by atoms with Crippen molar-refractivity contribution in [3.8, 4) is 28.6 Å². The monoisotopic (exact) mass is 328 g/mol. The molecule has 2 aromatic rings. The lowest BCUT2D eigenvalue weighted by molar-refractivity contribution is 0.325. The summed E-state index contributed by atoms with van der Waals surface area (Å²) in [5.41, 5.74) is 1.24. The van der Waals surface area contributed by atoms with Crippen molar-refractivity contribution in [2.75, 3.05) is 21.3 Å². The first-order valence-electron chi connectivity index (χ1n) is 6.02. The van der Waals surface area contributed by atoms with Crippen LogP contribution >= 0.6 is 23.2 Å². The van der Waals surface area contributed by atoms with Crippen LogP contribution < -0.4 is 14.2 Å². The molecule has 0 saturated heterocycles. The predicted octanol–water partition coefficient (Wildman–Crippen LogP) is 3.78. The van der Waals surface area contributed by atoms with Gasteiger partial charge in [0.05, 0.1) is 26.9 Å². The molecule has 0 saturated carbocycles. The van der Waals surface area contributed by atoms with E-state index in [1.165, 1.54) is 14.2 Å². The van der Waals surface area contributed by atoms with Gasteiger partial charge < -0.3 is 14.2 Å². The van der Waals surface area contributed by atoms with Gasteiger partial charge in [-0.25, -0.2) is 9.97 Å². The van der Waals surface area contributed by atoms with Gasteiger partial charge in [-0.3, -0.25) is 0 Å². The molecule has 112 valence electrons. The maximum atomic E-state index is 6.06. The van der Waals surface area contributed by atoms with Gasteiger partial charge in [0, 0.05) is 5.56 Å². The Morgan fingerprint density at radius 2 is 1.43 bits per heavy atom. The molecule has 0 spiro atoms. The third-order valence-corrected chi connectivity index (χ3v) is 3.71. The first kappa shape index (κ1) is 15.7. The lowest BCUT2D eigenvalue weighted by Gasteiger charge is -2.15. The molecule has 1 aromatic carbocycles. The topological polar surface area (TPSA) is 53.5 Å². The molecule has 0 aliphatic carbocycles. The number of aromatic nitrogens is 2. The minimum absolute atomic E-state index is 0.293. The highest BCUT2D eigenvalue weighted by Crippen LogP contribution is 2.43. The number of nitrogens with zero attached hydrogens (tertiary/aromatic N) is 2. The van der Waals surface area contributed by atoms with Crippen molar-refractivity contribution < 1.29 is 14.2 Å². The fraction of sp³-hybridized carbons (Fsp3) is 0.286. The summed E-state index contributed by atoms with van der Waals surface area (Å²) in [6, 6.07) is 3.50. The third kappa shape index (κ3) is 2.84. The van der Waals surface area contributed by atoms with E-state index in [0.29, 0.717) is 44.5 Å². The van der Waals surface area contributed by atoms with Crippen molar-refractivity contribution in [1.82, 2.24) is 9.97 Å². The van der Waals surface area contributed by atoms with Crippen LogP contribution in [0, 0.1) is 6.92 Å². The summed E-state index contributed by atoms with van der Waals surface area (Å²) >= 11 is 12.1. The van der Waals surface area contributed by atoms with Gasteiger partial charge in [0.1, 0.15) is 10.3 Å². The van der Waals surface area contributed by atoms with Crippen molar-refractivity contribution >= 4 is 23.2 Å². The Morgan fingerprint density at radius 3 is 1.90 bits per heavy atom. The molecule has 21 heavy (non-hydrogen) atoms. The van der Waals surface area contributed by atoms with Gasteiger partial charge in [0.2, 0.25) is 5.75 Å². The van der Waals surface area contributed by atoms with Crippen molar-refractivity contribution in [1.29, 1.82) is 0 Å². The summed E-state index contributed by atoms with van der Waals surface area (Å²) in [6.45, 7) is 1.75. The third-order valence-electron chi connectivity index (χ3n) is 2.97. The van der Waals surface area contributed by atoms with Crippen molar-refractivity contribution in [2.24, 2.45) is 0 Å². The highest BCUT2D eigenvalue weighted by Gasteiger charge is 2.20. The molecule has 0 aliphatic heterocycles. The second-order valence-electron chi connectivity index (χ2n) is 4.14. The van der Waals surface area contributed by atoms with Crippen LogP contribution in [0.1, 0.15) is 5.56 Å². The number of hydrogen-bond donors (Lipinski definition) is 0. The minimum Gasteiger partial charge on any atom is -0.493 e. The largest absolute Gasteiger partial charge is 0.493 e. The van der Waals surface area contributed by atoms with E-state index >= 15 is 0 Å². The lowest BCUT2D eigenvalue weighted by Crippen LogP contribution is -2.00. The van der Waals surface area contributed by atoms with Crippen LogP contribution in [0.15, 0.2) is 12.1 Å². The summed E-state index contributed by atoms with van der Waals surface area (Å²) in [5, 5.41) is 0.587. The molecule has 1 aromatic heterocycles. The number of halogens is 2. The first-order chi connectivity index (χ1) is 10.0. The molecule has 0 amide bonds. The fourth-order valence-corrected chi connectivity index (χ4v) is 2.25. The molecular weight excluding hydrogens is 315 g/mol. The van der Waals surface area contributed by atoms with Gasteiger partial charge in [-0.15, -0.1) is 0 Å². The average molecular weight is 329 g/mol. The highest BCUT2D eigenvalue weighted by atomic mass is 35.5.